The van der Waals surface area contributed by atoms with Crippen molar-refractivity contribution in [1.29, 1.82) is 0 Å². The Balaban J connectivity index is 2.21. The number of ether oxygens (including phenoxy) is 1. The van der Waals surface area contributed by atoms with Crippen LogP contribution in [0.4, 0.5) is 0 Å². The van der Waals surface area contributed by atoms with Crippen LogP contribution in [0.3, 0.4) is 0 Å². The summed E-state index contributed by atoms with van der Waals surface area (Å²) in [5, 5.41) is 11.0. The van der Waals surface area contributed by atoms with Crippen LogP contribution in [0.15, 0.2) is 42.7 Å². The van der Waals surface area contributed by atoms with Gasteiger partial charge in [-0.2, -0.15) is 0 Å². The van der Waals surface area contributed by atoms with Crippen molar-refractivity contribution in [2.24, 2.45) is 0 Å². The fourth-order valence-electron chi connectivity index (χ4n) is 2.31. The molecule has 2 aromatic heterocycles. The van der Waals surface area contributed by atoms with E-state index in [1.54, 1.807) is 17.7 Å². The van der Waals surface area contributed by atoms with Crippen molar-refractivity contribution >= 4 is 28.5 Å². The summed E-state index contributed by atoms with van der Waals surface area (Å²) < 4.78 is 6.68. The zero-order chi connectivity index (χ0) is 15.7. The monoisotopic (exact) mass is 316 g/mol. The Morgan fingerprint density at radius 2 is 2.09 bits per heavy atom. The fraction of sp³-hybridized carbons (Fsp3) is 0.125. The molecule has 3 rings (SSSR count). The molecule has 1 aromatic carbocycles. The molecular formula is C16H13ClN2O3. The molecule has 0 radical (unpaired) electrons. The van der Waals surface area contributed by atoms with Crippen molar-refractivity contribution in [2.75, 3.05) is 6.61 Å². The first kappa shape index (κ1) is 14.4. The molecule has 5 nitrogen and oxygen atoms in total. The normalized spacial score (nSPS) is 10.8. The lowest BCUT2D eigenvalue weighted by Crippen LogP contribution is -2.07. The van der Waals surface area contributed by atoms with Crippen molar-refractivity contribution in [3.8, 4) is 11.4 Å². The quantitative estimate of drug-likeness (QED) is 0.750. The molecule has 0 bridgehead atoms. The summed E-state index contributed by atoms with van der Waals surface area (Å²) in [4.78, 5) is 15.8. The molecule has 22 heavy (non-hydrogen) atoms. The van der Waals surface area contributed by atoms with Crippen LogP contribution >= 0.6 is 11.6 Å². The number of benzene rings is 1. The molecule has 2 heterocycles. The number of aromatic nitrogens is 2. The van der Waals surface area contributed by atoms with Crippen LogP contribution in [0.25, 0.3) is 16.6 Å². The molecule has 0 unspecified atom stereocenters. The van der Waals surface area contributed by atoms with E-state index >= 15 is 0 Å². The minimum atomic E-state index is -0.676. The summed E-state index contributed by atoms with van der Waals surface area (Å²) in [7, 11) is 0. The highest BCUT2D eigenvalue weighted by Gasteiger charge is 2.21. The van der Waals surface area contributed by atoms with Crippen LogP contribution in [0.5, 0.6) is 5.75 Å². The SMILES string of the molecule is CCOC(=O)c1ncc2c(c(Cl)cn2-c2ccccc2)c1O. The fourth-order valence-corrected chi connectivity index (χ4v) is 2.59. The minimum Gasteiger partial charge on any atom is -0.505 e. The molecule has 0 fully saturated rings. The summed E-state index contributed by atoms with van der Waals surface area (Å²) >= 11 is 6.23. The van der Waals surface area contributed by atoms with Gasteiger partial charge in [0.25, 0.3) is 0 Å². The Kier molecular flexibility index (Phi) is 3.73. The summed E-state index contributed by atoms with van der Waals surface area (Å²) in [6.07, 6.45) is 3.18. The topological polar surface area (TPSA) is 64.3 Å². The van der Waals surface area contributed by atoms with Crippen LogP contribution in [0, 0.1) is 0 Å². The second-order valence-corrected chi connectivity index (χ2v) is 5.03. The smallest absolute Gasteiger partial charge is 0.360 e. The van der Waals surface area contributed by atoms with E-state index in [1.165, 1.54) is 6.20 Å². The Labute approximate surface area is 131 Å². The van der Waals surface area contributed by atoms with Gasteiger partial charge >= 0.3 is 5.97 Å². The van der Waals surface area contributed by atoms with Crippen molar-refractivity contribution in [3.63, 3.8) is 0 Å². The zero-order valence-electron chi connectivity index (χ0n) is 11.8. The Morgan fingerprint density at radius 1 is 1.36 bits per heavy atom. The standard InChI is InChI=1S/C16H13ClN2O3/c1-2-22-16(21)14-15(20)13-11(17)9-19(12(13)8-18-14)10-6-4-3-5-7-10/h3-9,20H,2H2,1H3. The highest BCUT2D eigenvalue weighted by atomic mass is 35.5. The van der Waals surface area contributed by atoms with Gasteiger partial charge in [-0.05, 0) is 19.1 Å². The first-order valence-electron chi connectivity index (χ1n) is 6.74. The van der Waals surface area contributed by atoms with Crippen LogP contribution < -0.4 is 0 Å². The first-order valence-corrected chi connectivity index (χ1v) is 7.12. The number of hydrogen-bond donors (Lipinski definition) is 1. The molecule has 0 saturated carbocycles. The number of pyridine rings is 1. The summed E-state index contributed by atoms with van der Waals surface area (Å²) in [5.41, 5.74) is 1.35. The van der Waals surface area contributed by atoms with Crippen LogP contribution in [0.1, 0.15) is 17.4 Å². The Bertz CT molecular complexity index is 843. The average Bonchev–Trinajstić information content (AvgIpc) is 2.86. The predicted molar refractivity (Wildman–Crippen MR) is 83.7 cm³/mol. The summed E-state index contributed by atoms with van der Waals surface area (Å²) in [6.45, 7) is 1.89. The molecule has 6 heteroatoms. The highest BCUT2D eigenvalue weighted by molar-refractivity contribution is 6.36. The van der Waals surface area contributed by atoms with E-state index in [9.17, 15) is 9.90 Å². The van der Waals surface area contributed by atoms with E-state index in [-0.39, 0.29) is 18.1 Å². The third-order valence-electron chi connectivity index (χ3n) is 3.28. The van der Waals surface area contributed by atoms with Crippen LogP contribution in [-0.4, -0.2) is 27.2 Å². The molecule has 0 aliphatic rings. The van der Waals surface area contributed by atoms with E-state index in [0.29, 0.717) is 15.9 Å². The van der Waals surface area contributed by atoms with Crippen molar-refractivity contribution in [1.82, 2.24) is 9.55 Å². The molecule has 0 atom stereocenters. The molecular weight excluding hydrogens is 304 g/mol. The minimum absolute atomic E-state index is 0.137. The van der Waals surface area contributed by atoms with E-state index in [4.69, 9.17) is 16.3 Å². The van der Waals surface area contributed by atoms with E-state index in [1.807, 2.05) is 30.3 Å². The summed E-state index contributed by atoms with van der Waals surface area (Å²) in [6, 6.07) is 9.52. The third kappa shape index (κ3) is 2.29. The van der Waals surface area contributed by atoms with E-state index in [0.717, 1.165) is 5.69 Å². The molecule has 112 valence electrons. The number of halogens is 1. The molecule has 3 aromatic rings. The number of carbonyl (C=O) groups is 1. The molecule has 0 aliphatic heterocycles. The maximum atomic E-state index is 11.8. The lowest BCUT2D eigenvalue weighted by atomic mass is 10.2. The largest absolute Gasteiger partial charge is 0.505 e. The lowest BCUT2D eigenvalue weighted by Gasteiger charge is -2.07. The lowest BCUT2D eigenvalue weighted by molar-refractivity contribution is 0.0516. The number of esters is 1. The van der Waals surface area contributed by atoms with Gasteiger partial charge in [-0.15, -0.1) is 0 Å². The molecule has 0 saturated heterocycles. The maximum absolute atomic E-state index is 11.8. The molecule has 0 amide bonds. The average molecular weight is 317 g/mol. The third-order valence-corrected chi connectivity index (χ3v) is 3.56. The second-order valence-electron chi connectivity index (χ2n) is 4.62. The Morgan fingerprint density at radius 3 is 2.77 bits per heavy atom. The van der Waals surface area contributed by atoms with Crippen molar-refractivity contribution in [2.45, 2.75) is 6.92 Å². The number of fused-ring (bicyclic) bond motifs is 1. The number of nitrogens with zero attached hydrogens (tertiary/aromatic N) is 2. The first-order chi connectivity index (χ1) is 10.6. The number of para-hydroxylation sites is 1. The van der Waals surface area contributed by atoms with Gasteiger partial charge in [0.2, 0.25) is 0 Å². The van der Waals surface area contributed by atoms with Gasteiger partial charge in [-0.25, -0.2) is 9.78 Å². The highest BCUT2D eigenvalue weighted by Crippen LogP contribution is 2.36. The van der Waals surface area contributed by atoms with Gasteiger partial charge in [0.05, 0.1) is 28.7 Å². The van der Waals surface area contributed by atoms with E-state index in [2.05, 4.69) is 4.98 Å². The van der Waals surface area contributed by atoms with Gasteiger partial charge in [-0.3, -0.25) is 0 Å². The molecule has 0 spiro atoms. The van der Waals surface area contributed by atoms with Crippen molar-refractivity contribution < 1.29 is 14.6 Å². The second kappa shape index (κ2) is 5.69. The van der Waals surface area contributed by atoms with Gasteiger partial charge in [0.1, 0.15) is 0 Å². The number of aromatic hydroxyl groups is 1. The van der Waals surface area contributed by atoms with Gasteiger partial charge in [0, 0.05) is 11.9 Å². The number of hydrogen-bond acceptors (Lipinski definition) is 4. The number of rotatable bonds is 3. The maximum Gasteiger partial charge on any atom is 0.360 e. The number of carbonyl (C=O) groups excluding carboxylic acids is 1. The van der Waals surface area contributed by atoms with E-state index < -0.39 is 5.97 Å². The molecule has 1 N–H and O–H groups in total. The summed E-state index contributed by atoms with van der Waals surface area (Å²) in [5.74, 6) is -0.943. The predicted octanol–water partition coefficient (Wildman–Crippen LogP) is 3.56. The van der Waals surface area contributed by atoms with Gasteiger partial charge < -0.3 is 14.4 Å². The van der Waals surface area contributed by atoms with Crippen molar-refractivity contribution in [3.05, 3.63) is 53.4 Å². The Hall–Kier alpha value is -2.53. The van der Waals surface area contributed by atoms with Gasteiger partial charge in [-0.1, -0.05) is 29.8 Å². The van der Waals surface area contributed by atoms with Crippen LogP contribution in [0.2, 0.25) is 5.02 Å². The zero-order valence-corrected chi connectivity index (χ0v) is 12.5. The molecule has 0 aliphatic carbocycles. The van der Waals surface area contributed by atoms with Crippen LogP contribution in [-0.2, 0) is 4.74 Å². The van der Waals surface area contributed by atoms with Gasteiger partial charge in [0.15, 0.2) is 11.4 Å².